The van der Waals surface area contributed by atoms with E-state index in [1.807, 2.05) is 60.7 Å². The molecule has 0 N–H and O–H groups in total. The van der Waals surface area contributed by atoms with Gasteiger partial charge in [-0.3, -0.25) is 0 Å². The molecule has 2 aromatic heterocycles. The van der Waals surface area contributed by atoms with Gasteiger partial charge < -0.3 is 9.13 Å². The Bertz CT molecular complexity index is 5660. The van der Waals surface area contributed by atoms with Gasteiger partial charge in [0.15, 0.2) is 23.3 Å². The predicted molar refractivity (Wildman–Crippen MR) is 364 cm³/mol. The van der Waals surface area contributed by atoms with Gasteiger partial charge in [-0.15, -0.1) is 0 Å². The van der Waals surface area contributed by atoms with Crippen LogP contribution in [0.25, 0.3) is 155 Å². The van der Waals surface area contributed by atoms with Crippen molar-refractivity contribution in [2.24, 2.45) is 0 Å². The molecule has 0 amide bonds. The van der Waals surface area contributed by atoms with E-state index in [1.165, 1.54) is 72.8 Å². The second-order valence-corrected chi connectivity index (χ2v) is 23.4. The van der Waals surface area contributed by atoms with E-state index in [9.17, 15) is 13.2 Å². The first-order valence-corrected chi connectivity index (χ1v) is 30.6. The molecule has 11 heteroatoms. The Morgan fingerprint density at radius 3 is 0.884 bits per heavy atom. The maximum absolute atomic E-state index is 15.7. The highest BCUT2D eigenvalue weighted by Gasteiger charge is 2.32. The molecule has 0 atom stereocenters. The lowest BCUT2D eigenvalue weighted by molar-refractivity contribution is 0.381. The first-order valence-electron chi connectivity index (χ1n) is 30.6. The average Bonchev–Trinajstić information content (AvgIpc) is 1.06. The smallest absolute Gasteiger partial charge is 0.200 e. The van der Waals surface area contributed by atoms with Gasteiger partial charge in [0.1, 0.15) is 23.3 Å². The molecule has 2 heterocycles. The average molecular weight is 1260 g/mol. The van der Waals surface area contributed by atoms with Crippen molar-refractivity contribution in [1.82, 2.24) is 9.13 Å². The fourth-order valence-corrected chi connectivity index (χ4v) is 13.7. The third-order valence-corrected chi connectivity index (χ3v) is 18.0. The van der Waals surface area contributed by atoms with Crippen molar-refractivity contribution in [3.8, 4) is 112 Å². The molecule has 14 aromatic carbocycles. The Morgan fingerprint density at radius 1 is 0.168 bits per heavy atom. The summed E-state index contributed by atoms with van der Waals surface area (Å²) in [4.78, 5) is 0. The van der Waals surface area contributed by atoms with E-state index in [0.29, 0.717) is 66.8 Å². The molecule has 0 saturated heterocycles. The van der Waals surface area contributed by atoms with Gasteiger partial charge in [0, 0.05) is 32.9 Å². The van der Waals surface area contributed by atoms with E-state index in [2.05, 4.69) is 112 Å². The normalized spacial score (nSPS) is 11.6. The molecule has 0 aliphatic rings. The number of hydrogen-bond donors (Lipinski definition) is 0. The summed E-state index contributed by atoms with van der Waals surface area (Å²) in [6.07, 6.45) is 0. The zero-order chi connectivity index (χ0) is 64.8. The molecule has 95 heavy (non-hydrogen) atoms. The van der Waals surface area contributed by atoms with Crippen molar-refractivity contribution in [3.05, 3.63) is 337 Å². The second-order valence-electron chi connectivity index (χ2n) is 23.4. The van der Waals surface area contributed by atoms with Gasteiger partial charge in [-0.2, -0.15) is 0 Å². The Kier molecular flexibility index (Phi) is 14.3. The zero-order valence-electron chi connectivity index (χ0n) is 49.9. The summed E-state index contributed by atoms with van der Waals surface area (Å²) < 4.78 is 141. The largest absolute Gasteiger partial charge is 0.309 e. The SMILES string of the molecule is Fc1ccc(-c2c(-c3ccc(F)cc3)c(-c3ccc(F)cc3)c(-c3ccc(-n4c5ccc(-c6ccc7c(c6)c6ccccc6n7-c6ccccc6)cc5c5ccc(-c6ccccc6)cc54)cc3)c(-c3ccc(-c4c(F)c(F)c(F)c(F)c4F)cc3)c2-c2ccc(F)cc2)cc1. The van der Waals surface area contributed by atoms with Crippen LogP contribution in [0.1, 0.15) is 0 Å². The lowest BCUT2D eigenvalue weighted by Gasteiger charge is -2.29. The van der Waals surface area contributed by atoms with Gasteiger partial charge in [-0.05, 0) is 204 Å². The van der Waals surface area contributed by atoms with E-state index in [-0.39, 0.29) is 5.56 Å². The van der Waals surface area contributed by atoms with E-state index in [0.717, 1.165) is 77.2 Å². The van der Waals surface area contributed by atoms with Gasteiger partial charge >= 0.3 is 0 Å². The first kappa shape index (κ1) is 58.2. The molecular weight excluding hydrogens is 1210 g/mol. The number of benzene rings is 14. The molecule has 16 aromatic rings. The van der Waals surface area contributed by atoms with Gasteiger partial charge in [0.25, 0.3) is 0 Å². The number of rotatable bonds is 11. The maximum atomic E-state index is 15.7. The molecule has 456 valence electrons. The van der Waals surface area contributed by atoms with E-state index in [1.54, 1.807) is 48.5 Å². The molecule has 0 unspecified atom stereocenters. The highest BCUT2D eigenvalue weighted by molar-refractivity contribution is 6.16. The summed E-state index contributed by atoms with van der Waals surface area (Å²) >= 11 is 0. The molecule has 16 rings (SSSR count). The van der Waals surface area contributed by atoms with Crippen molar-refractivity contribution >= 4 is 43.6 Å². The van der Waals surface area contributed by atoms with E-state index in [4.69, 9.17) is 0 Å². The molecule has 0 fully saturated rings. The van der Waals surface area contributed by atoms with Crippen molar-refractivity contribution in [2.45, 2.75) is 0 Å². The number of hydrogen-bond acceptors (Lipinski definition) is 0. The Balaban J connectivity index is 0.962. The molecular formula is C84H47F9N2. The molecule has 0 radical (unpaired) electrons. The van der Waals surface area contributed by atoms with Crippen LogP contribution in [0.3, 0.4) is 0 Å². The van der Waals surface area contributed by atoms with Crippen LogP contribution in [0, 0.1) is 52.4 Å². The summed E-state index contributed by atoms with van der Waals surface area (Å²) in [5.74, 6) is -12.8. The molecule has 0 bridgehead atoms. The minimum Gasteiger partial charge on any atom is -0.309 e. The fraction of sp³-hybridized carbons (Fsp3) is 0. The Labute approximate surface area is 538 Å². The summed E-state index contributed by atoms with van der Waals surface area (Å²) in [5, 5.41) is 4.23. The lowest BCUT2D eigenvalue weighted by atomic mass is 9.74. The highest BCUT2D eigenvalue weighted by atomic mass is 19.2. The highest BCUT2D eigenvalue weighted by Crippen LogP contribution is 2.56. The third-order valence-electron chi connectivity index (χ3n) is 18.0. The van der Waals surface area contributed by atoms with Crippen LogP contribution in [-0.2, 0) is 0 Å². The number of fused-ring (bicyclic) bond motifs is 6. The lowest BCUT2D eigenvalue weighted by Crippen LogP contribution is -2.04. The van der Waals surface area contributed by atoms with Crippen molar-refractivity contribution in [2.75, 3.05) is 0 Å². The van der Waals surface area contributed by atoms with Crippen LogP contribution >= 0.6 is 0 Å². The van der Waals surface area contributed by atoms with Crippen LogP contribution in [0.15, 0.2) is 285 Å². The van der Waals surface area contributed by atoms with E-state index >= 15 is 26.3 Å². The van der Waals surface area contributed by atoms with Crippen LogP contribution in [-0.4, -0.2) is 9.13 Å². The first-order chi connectivity index (χ1) is 46.3. The molecule has 0 spiro atoms. The summed E-state index contributed by atoms with van der Waals surface area (Å²) in [6.45, 7) is 0. The maximum Gasteiger partial charge on any atom is 0.200 e. The Morgan fingerprint density at radius 2 is 0.453 bits per heavy atom. The quantitative estimate of drug-likeness (QED) is 0.0694. The molecule has 0 aliphatic heterocycles. The summed E-state index contributed by atoms with van der Waals surface area (Å²) in [7, 11) is 0. The second kappa shape index (κ2) is 23.3. The van der Waals surface area contributed by atoms with Crippen molar-refractivity contribution in [1.29, 1.82) is 0 Å². The number of para-hydroxylation sites is 2. The standard InChI is InChI=1S/C84H47F9N2/c85-59-32-19-50(20-33-59)74-73(49-15-17-55(18-16-49)79-80(89)82(91)84(93)83(92)81(79)90)78(77(53-25-38-62(88)39-26-53)76(52-23-36-61(87)37-24-52)75(74)51-21-34-60(86)35-22-51)54-27-40-64(41-28-54)95-71-44-31-57(46-68(71)66-42-29-58(47-72(66)95)48-9-3-1-4-10-48)56-30-43-70-67(45-56)65-13-7-8-14-69(65)94(70)63-11-5-2-6-12-63/h1-47H. The number of halogens is 9. The monoisotopic (exact) mass is 1250 g/mol. The fourth-order valence-electron chi connectivity index (χ4n) is 13.7. The predicted octanol–water partition coefficient (Wildman–Crippen LogP) is 24.1. The number of nitrogens with zero attached hydrogens (tertiary/aromatic N) is 2. The van der Waals surface area contributed by atoms with Crippen LogP contribution in [0.2, 0.25) is 0 Å². The van der Waals surface area contributed by atoms with Gasteiger partial charge in [0.05, 0.1) is 27.6 Å². The van der Waals surface area contributed by atoms with Crippen molar-refractivity contribution in [3.63, 3.8) is 0 Å². The van der Waals surface area contributed by atoms with Gasteiger partial charge in [-0.25, -0.2) is 39.5 Å². The summed E-state index contributed by atoms with van der Waals surface area (Å²) in [6, 6.07) is 84.8. The molecule has 2 nitrogen and oxygen atoms in total. The van der Waals surface area contributed by atoms with Crippen LogP contribution in [0.5, 0.6) is 0 Å². The molecule has 0 saturated carbocycles. The minimum atomic E-state index is -2.30. The Hall–Kier alpha value is -12.0. The van der Waals surface area contributed by atoms with E-state index < -0.39 is 57.9 Å². The third kappa shape index (κ3) is 9.93. The van der Waals surface area contributed by atoms with Crippen LogP contribution < -0.4 is 0 Å². The number of aromatic nitrogens is 2. The minimum absolute atomic E-state index is 0.335. The molecule has 0 aliphatic carbocycles. The zero-order valence-corrected chi connectivity index (χ0v) is 49.9. The van der Waals surface area contributed by atoms with Crippen molar-refractivity contribution < 1.29 is 39.5 Å². The van der Waals surface area contributed by atoms with Crippen LogP contribution in [0.4, 0.5) is 39.5 Å². The van der Waals surface area contributed by atoms with Gasteiger partial charge in [-0.1, -0.05) is 176 Å². The summed E-state index contributed by atoms with van der Waals surface area (Å²) in [5.41, 5.74) is 13.9. The topological polar surface area (TPSA) is 9.86 Å². The van der Waals surface area contributed by atoms with Gasteiger partial charge in [0.2, 0.25) is 5.82 Å².